The molecule has 0 saturated carbocycles. The van der Waals surface area contributed by atoms with Crippen LogP contribution in [-0.2, 0) is 4.84 Å². The van der Waals surface area contributed by atoms with E-state index in [4.69, 9.17) is 21.4 Å². The van der Waals surface area contributed by atoms with Gasteiger partial charge in [0.2, 0.25) is 0 Å². The van der Waals surface area contributed by atoms with E-state index in [-0.39, 0.29) is 5.91 Å². The number of aliphatic imine (C=N–C) groups is 1. The van der Waals surface area contributed by atoms with Crippen molar-refractivity contribution in [3.63, 3.8) is 0 Å². The lowest BCUT2D eigenvalue weighted by Gasteiger charge is -2.10. The minimum atomic E-state index is -0.454. The third-order valence-electron chi connectivity index (χ3n) is 4.31. The van der Waals surface area contributed by atoms with Crippen LogP contribution in [0.1, 0.15) is 28.4 Å². The summed E-state index contributed by atoms with van der Waals surface area (Å²) in [4.78, 5) is 23.8. The van der Waals surface area contributed by atoms with Gasteiger partial charge in [-0.3, -0.25) is 9.63 Å². The Balaban J connectivity index is 1.87. The maximum Gasteiger partial charge on any atom is 0.274 e. The molecule has 0 unspecified atom stereocenters. The fraction of sp³-hybridized carbons (Fsp3) is 0.0909. The maximum atomic E-state index is 14.7. The van der Waals surface area contributed by atoms with Crippen LogP contribution in [0, 0.1) is 5.82 Å². The molecule has 3 aromatic carbocycles. The highest BCUT2D eigenvalue weighted by Crippen LogP contribution is 2.41. The topological polar surface area (TPSA) is 50.7 Å². The van der Waals surface area contributed by atoms with E-state index < -0.39 is 5.82 Å². The number of benzene rings is 3. The molecule has 4 nitrogen and oxygen atoms in total. The summed E-state index contributed by atoms with van der Waals surface area (Å²) < 4.78 is 14.7. The number of nitrogens with one attached hydrogen (secondary N) is 1. The lowest BCUT2D eigenvalue weighted by atomic mass is 10.0. The van der Waals surface area contributed by atoms with E-state index in [1.54, 1.807) is 31.2 Å². The Bertz CT molecular complexity index is 1130. The fourth-order valence-electron chi connectivity index (χ4n) is 2.97. The van der Waals surface area contributed by atoms with Crippen LogP contribution in [0.5, 0.6) is 0 Å². The Morgan fingerprint density at radius 1 is 1.10 bits per heavy atom. The van der Waals surface area contributed by atoms with Crippen molar-refractivity contribution < 1.29 is 14.0 Å². The SMILES string of the molecule is CCONC(=O)c1ccc2c(c1)N=C(c1ccc(Cl)cc1F)c1ccccc1S2. The molecule has 0 radical (unpaired) electrons. The van der Waals surface area contributed by atoms with Gasteiger partial charge in [0, 0.05) is 31.5 Å². The summed E-state index contributed by atoms with van der Waals surface area (Å²) in [6.07, 6.45) is 0. The first-order valence-corrected chi connectivity index (χ1v) is 10.1. The molecule has 4 rings (SSSR count). The monoisotopic (exact) mass is 426 g/mol. The van der Waals surface area contributed by atoms with Gasteiger partial charge in [-0.25, -0.2) is 14.9 Å². The van der Waals surface area contributed by atoms with Crippen LogP contribution >= 0.6 is 23.4 Å². The molecule has 29 heavy (non-hydrogen) atoms. The van der Waals surface area contributed by atoms with Crippen LogP contribution < -0.4 is 5.48 Å². The molecular weight excluding hydrogens is 411 g/mol. The Morgan fingerprint density at radius 2 is 1.93 bits per heavy atom. The van der Waals surface area contributed by atoms with E-state index in [0.717, 1.165) is 15.4 Å². The molecule has 1 amide bonds. The van der Waals surface area contributed by atoms with E-state index in [1.165, 1.54) is 17.8 Å². The second-order valence-corrected chi connectivity index (χ2v) is 7.75. The molecule has 1 N–H and O–H groups in total. The van der Waals surface area contributed by atoms with Gasteiger partial charge >= 0.3 is 0 Å². The summed E-state index contributed by atoms with van der Waals surface area (Å²) in [5, 5.41) is 0.318. The maximum absolute atomic E-state index is 14.7. The van der Waals surface area contributed by atoms with Crippen molar-refractivity contribution in [2.45, 2.75) is 16.7 Å². The molecular formula is C22H16ClFN2O2S. The molecule has 0 bridgehead atoms. The molecule has 146 valence electrons. The Hall–Kier alpha value is -2.67. The highest BCUT2D eigenvalue weighted by molar-refractivity contribution is 7.99. The predicted molar refractivity (Wildman–Crippen MR) is 113 cm³/mol. The first-order chi connectivity index (χ1) is 14.1. The van der Waals surface area contributed by atoms with Gasteiger partial charge in [-0.15, -0.1) is 0 Å². The first kappa shape index (κ1) is 19.6. The van der Waals surface area contributed by atoms with E-state index >= 15 is 0 Å². The van der Waals surface area contributed by atoms with E-state index in [9.17, 15) is 9.18 Å². The smallest absolute Gasteiger partial charge is 0.274 e. The van der Waals surface area contributed by atoms with Crippen molar-refractivity contribution in [2.24, 2.45) is 4.99 Å². The largest absolute Gasteiger partial charge is 0.274 e. The second kappa shape index (κ2) is 8.37. The molecule has 0 fully saturated rings. The molecule has 1 aliphatic rings. The average Bonchev–Trinajstić information content (AvgIpc) is 2.88. The Labute approximate surface area is 176 Å². The standard InChI is InChI=1S/C22H16ClFN2O2S/c1-2-28-26-22(27)13-7-10-20-18(11-13)25-21(15-9-8-14(23)12-17(15)24)16-5-3-4-6-19(16)29-20/h3-12H,2H2,1H3,(H,26,27). The Morgan fingerprint density at radius 3 is 2.72 bits per heavy atom. The zero-order chi connectivity index (χ0) is 20.4. The van der Waals surface area contributed by atoms with Gasteiger partial charge in [-0.1, -0.05) is 41.6 Å². The third kappa shape index (κ3) is 4.05. The summed E-state index contributed by atoms with van der Waals surface area (Å²) in [7, 11) is 0. The predicted octanol–water partition coefficient (Wildman–Crippen LogP) is 5.79. The fourth-order valence-corrected chi connectivity index (χ4v) is 4.13. The summed E-state index contributed by atoms with van der Waals surface area (Å²) in [5.41, 5.74) is 5.02. The zero-order valence-electron chi connectivity index (χ0n) is 15.4. The van der Waals surface area contributed by atoms with Crippen LogP contribution in [0.4, 0.5) is 10.1 Å². The summed E-state index contributed by atoms with van der Waals surface area (Å²) in [5.74, 6) is -0.819. The molecule has 1 heterocycles. The van der Waals surface area contributed by atoms with Crippen LogP contribution in [0.15, 0.2) is 75.4 Å². The lowest BCUT2D eigenvalue weighted by Crippen LogP contribution is -2.23. The number of carbonyl (C=O) groups excluding carboxylic acids is 1. The van der Waals surface area contributed by atoms with Gasteiger partial charge in [-0.2, -0.15) is 0 Å². The quantitative estimate of drug-likeness (QED) is 0.420. The molecule has 1 aliphatic heterocycles. The second-order valence-electron chi connectivity index (χ2n) is 6.23. The van der Waals surface area contributed by atoms with Gasteiger partial charge in [0.1, 0.15) is 5.82 Å². The lowest BCUT2D eigenvalue weighted by molar-refractivity contribution is 0.0364. The van der Waals surface area contributed by atoms with Gasteiger partial charge < -0.3 is 0 Å². The van der Waals surface area contributed by atoms with Gasteiger partial charge in [0.15, 0.2) is 0 Å². The highest BCUT2D eigenvalue weighted by Gasteiger charge is 2.22. The average molecular weight is 427 g/mol. The molecule has 0 aliphatic carbocycles. The summed E-state index contributed by atoms with van der Waals surface area (Å²) >= 11 is 7.45. The van der Waals surface area contributed by atoms with Crippen molar-refractivity contribution in [1.29, 1.82) is 0 Å². The van der Waals surface area contributed by atoms with Crippen molar-refractivity contribution in [2.75, 3.05) is 6.61 Å². The van der Waals surface area contributed by atoms with Crippen molar-refractivity contribution in [1.82, 2.24) is 5.48 Å². The minimum absolute atomic E-state index is 0.318. The van der Waals surface area contributed by atoms with Crippen LogP contribution in [0.2, 0.25) is 5.02 Å². The summed E-state index contributed by atoms with van der Waals surface area (Å²) in [6.45, 7) is 2.14. The van der Waals surface area contributed by atoms with Crippen molar-refractivity contribution in [3.05, 3.63) is 88.2 Å². The molecule has 7 heteroatoms. The Kier molecular flexibility index (Phi) is 5.67. The number of rotatable bonds is 4. The number of fused-ring (bicyclic) bond motifs is 2. The molecule has 3 aromatic rings. The molecule has 0 atom stereocenters. The minimum Gasteiger partial charge on any atom is -0.274 e. The number of carbonyl (C=O) groups is 1. The number of nitrogens with zero attached hydrogens (tertiary/aromatic N) is 1. The van der Waals surface area contributed by atoms with Gasteiger partial charge in [0.25, 0.3) is 5.91 Å². The van der Waals surface area contributed by atoms with Gasteiger partial charge in [0.05, 0.1) is 18.0 Å². The van der Waals surface area contributed by atoms with Crippen LogP contribution in [0.3, 0.4) is 0 Å². The zero-order valence-corrected chi connectivity index (χ0v) is 17.0. The first-order valence-electron chi connectivity index (χ1n) is 8.94. The number of hydrogen-bond donors (Lipinski definition) is 1. The summed E-state index contributed by atoms with van der Waals surface area (Å²) in [6, 6.07) is 17.4. The van der Waals surface area contributed by atoms with Crippen LogP contribution in [0.25, 0.3) is 0 Å². The van der Waals surface area contributed by atoms with Crippen LogP contribution in [-0.4, -0.2) is 18.2 Å². The highest BCUT2D eigenvalue weighted by atomic mass is 35.5. The molecule has 0 spiro atoms. The van der Waals surface area contributed by atoms with E-state index in [1.807, 2.05) is 30.3 Å². The number of halogens is 2. The van der Waals surface area contributed by atoms with Crippen molar-refractivity contribution >= 4 is 40.7 Å². The van der Waals surface area contributed by atoms with E-state index in [2.05, 4.69) is 5.48 Å². The number of hydrogen-bond acceptors (Lipinski definition) is 4. The van der Waals surface area contributed by atoms with Crippen molar-refractivity contribution in [3.8, 4) is 0 Å². The normalized spacial score (nSPS) is 12.4. The molecule has 0 aromatic heterocycles. The number of amides is 1. The van der Waals surface area contributed by atoms with E-state index in [0.29, 0.717) is 34.2 Å². The third-order valence-corrected chi connectivity index (χ3v) is 5.69. The van der Waals surface area contributed by atoms with Gasteiger partial charge in [-0.05, 0) is 49.4 Å². The molecule has 0 saturated heterocycles. The number of hydroxylamine groups is 1.